The van der Waals surface area contributed by atoms with Crippen molar-refractivity contribution in [2.45, 2.75) is 6.92 Å². The number of hydrogen-bond acceptors (Lipinski definition) is 2. The molecule has 0 amide bonds. The molecule has 0 aliphatic rings. The van der Waals surface area contributed by atoms with Crippen LogP contribution in [0.2, 0.25) is 0 Å². The van der Waals surface area contributed by atoms with Crippen molar-refractivity contribution in [3.8, 4) is 11.1 Å². The topological polar surface area (TPSA) is 16.1 Å². The SMILES string of the molecule is Cc1cccc(-c2cc(N(C)C)nc3ccccc23)c1. The number of hydrogen-bond donors (Lipinski definition) is 0. The Kier molecular flexibility index (Phi) is 3.15. The lowest BCUT2D eigenvalue weighted by Gasteiger charge is -2.15. The fourth-order valence-corrected chi connectivity index (χ4v) is 2.44. The summed E-state index contributed by atoms with van der Waals surface area (Å²) in [5.41, 5.74) is 4.79. The van der Waals surface area contributed by atoms with Crippen LogP contribution >= 0.6 is 0 Å². The highest BCUT2D eigenvalue weighted by atomic mass is 15.1. The van der Waals surface area contributed by atoms with Crippen molar-refractivity contribution in [2.24, 2.45) is 0 Å². The first kappa shape index (κ1) is 12.7. The highest BCUT2D eigenvalue weighted by molar-refractivity contribution is 5.96. The fourth-order valence-electron chi connectivity index (χ4n) is 2.44. The molecular weight excluding hydrogens is 244 g/mol. The Bertz CT molecular complexity index is 760. The highest BCUT2D eigenvalue weighted by Gasteiger charge is 2.08. The first-order valence-corrected chi connectivity index (χ1v) is 6.79. The average Bonchev–Trinajstić information content (AvgIpc) is 2.46. The molecule has 0 spiro atoms. The van der Waals surface area contributed by atoms with Gasteiger partial charge in [-0.2, -0.15) is 0 Å². The van der Waals surface area contributed by atoms with Crippen LogP contribution in [0.4, 0.5) is 5.82 Å². The second-order valence-corrected chi connectivity index (χ2v) is 5.31. The van der Waals surface area contributed by atoms with Crippen LogP contribution < -0.4 is 4.90 Å². The lowest BCUT2D eigenvalue weighted by molar-refractivity contribution is 1.08. The number of aromatic nitrogens is 1. The van der Waals surface area contributed by atoms with E-state index in [2.05, 4.69) is 55.5 Å². The molecule has 0 aliphatic heterocycles. The minimum absolute atomic E-state index is 0.986. The highest BCUT2D eigenvalue weighted by Crippen LogP contribution is 2.31. The molecule has 0 bridgehead atoms. The zero-order chi connectivity index (χ0) is 14.1. The molecular formula is C18H18N2. The molecule has 100 valence electrons. The maximum atomic E-state index is 4.71. The van der Waals surface area contributed by atoms with Crippen LogP contribution in [0.3, 0.4) is 0 Å². The van der Waals surface area contributed by atoms with Crippen LogP contribution in [0.5, 0.6) is 0 Å². The van der Waals surface area contributed by atoms with Crippen LogP contribution in [-0.2, 0) is 0 Å². The van der Waals surface area contributed by atoms with Crippen LogP contribution in [0, 0.1) is 6.92 Å². The zero-order valence-electron chi connectivity index (χ0n) is 12.1. The molecule has 2 nitrogen and oxygen atoms in total. The van der Waals surface area contributed by atoms with Gasteiger partial charge < -0.3 is 4.90 Å². The zero-order valence-corrected chi connectivity index (χ0v) is 12.1. The number of aryl methyl sites for hydroxylation is 1. The van der Waals surface area contributed by atoms with Gasteiger partial charge in [0.1, 0.15) is 5.82 Å². The number of benzene rings is 2. The van der Waals surface area contributed by atoms with E-state index < -0.39 is 0 Å². The third-order valence-corrected chi connectivity index (χ3v) is 3.49. The van der Waals surface area contributed by atoms with Crippen molar-refractivity contribution < 1.29 is 0 Å². The summed E-state index contributed by atoms with van der Waals surface area (Å²) in [6.07, 6.45) is 0. The molecule has 0 saturated carbocycles. The molecule has 2 aromatic carbocycles. The van der Waals surface area contributed by atoms with E-state index in [4.69, 9.17) is 4.98 Å². The number of pyridine rings is 1. The van der Waals surface area contributed by atoms with Crippen molar-refractivity contribution in [2.75, 3.05) is 19.0 Å². The smallest absolute Gasteiger partial charge is 0.129 e. The molecule has 2 heteroatoms. The average molecular weight is 262 g/mol. The molecule has 0 saturated heterocycles. The molecule has 3 aromatic rings. The summed E-state index contributed by atoms with van der Waals surface area (Å²) in [6, 6.07) is 19.1. The Hall–Kier alpha value is -2.35. The molecule has 1 aromatic heterocycles. The number of para-hydroxylation sites is 1. The molecule has 0 atom stereocenters. The summed E-state index contributed by atoms with van der Waals surface area (Å²) in [5.74, 6) is 0.986. The molecule has 0 aliphatic carbocycles. The monoisotopic (exact) mass is 262 g/mol. The predicted molar refractivity (Wildman–Crippen MR) is 86.2 cm³/mol. The quantitative estimate of drug-likeness (QED) is 0.685. The molecule has 0 radical (unpaired) electrons. The lowest BCUT2D eigenvalue weighted by atomic mass is 9.99. The predicted octanol–water partition coefficient (Wildman–Crippen LogP) is 4.28. The molecule has 1 heterocycles. The summed E-state index contributed by atoms with van der Waals surface area (Å²) >= 11 is 0. The summed E-state index contributed by atoms with van der Waals surface area (Å²) in [7, 11) is 4.05. The number of anilines is 1. The minimum atomic E-state index is 0.986. The van der Waals surface area contributed by atoms with E-state index in [1.165, 1.54) is 22.1 Å². The van der Waals surface area contributed by atoms with Gasteiger partial charge in [-0.3, -0.25) is 0 Å². The van der Waals surface area contributed by atoms with Crippen LogP contribution in [0.25, 0.3) is 22.0 Å². The summed E-state index contributed by atoms with van der Waals surface area (Å²) in [6.45, 7) is 2.12. The Morgan fingerprint density at radius 1 is 0.900 bits per heavy atom. The van der Waals surface area contributed by atoms with Crippen LogP contribution in [0.15, 0.2) is 54.6 Å². The van der Waals surface area contributed by atoms with Crippen LogP contribution in [0.1, 0.15) is 5.56 Å². The van der Waals surface area contributed by atoms with E-state index in [-0.39, 0.29) is 0 Å². The van der Waals surface area contributed by atoms with Gasteiger partial charge in [0, 0.05) is 19.5 Å². The van der Waals surface area contributed by atoms with E-state index in [1.807, 2.05) is 25.1 Å². The Balaban J connectivity index is 2.32. The first-order valence-electron chi connectivity index (χ1n) is 6.79. The Labute approximate surface area is 119 Å². The van der Waals surface area contributed by atoms with Gasteiger partial charge in [0.2, 0.25) is 0 Å². The normalized spacial score (nSPS) is 10.8. The van der Waals surface area contributed by atoms with E-state index in [1.54, 1.807) is 0 Å². The van der Waals surface area contributed by atoms with Gasteiger partial charge in [-0.05, 0) is 30.2 Å². The second-order valence-electron chi connectivity index (χ2n) is 5.31. The van der Waals surface area contributed by atoms with Crippen molar-refractivity contribution in [1.82, 2.24) is 4.98 Å². The maximum absolute atomic E-state index is 4.71. The minimum Gasteiger partial charge on any atom is -0.363 e. The van der Waals surface area contributed by atoms with E-state index in [9.17, 15) is 0 Å². The van der Waals surface area contributed by atoms with Crippen molar-refractivity contribution >= 4 is 16.7 Å². The van der Waals surface area contributed by atoms with Gasteiger partial charge in [-0.1, -0.05) is 48.0 Å². The molecule has 20 heavy (non-hydrogen) atoms. The maximum Gasteiger partial charge on any atom is 0.129 e. The van der Waals surface area contributed by atoms with Crippen molar-refractivity contribution in [1.29, 1.82) is 0 Å². The van der Waals surface area contributed by atoms with Crippen molar-refractivity contribution in [3.63, 3.8) is 0 Å². The number of nitrogens with zero attached hydrogens (tertiary/aromatic N) is 2. The number of rotatable bonds is 2. The second kappa shape index (κ2) is 4.97. The lowest BCUT2D eigenvalue weighted by Crippen LogP contribution is -2.10. The van der Waals surface area contributed by atoms with Gasteiger partial charge in [0.05, 0.1) is 5.52 Å². The Morgan fingerprint density at radius 3 is 2.45 bits per heavy atom. The summed E-state index contributed by atoms with van der Waals surface area (Å²) in [5, 5.41) is 1.20. The van der Waals surface area contributed by atoms with E-state index >= 15 is 0 Å². The van der Waals surface area contributed by atoms with Gasteiger partial charge >= 0.3 is 0 Å². The number of fused-ring (bicyclic) bond motifs is 1. The van der Waals surface area contributed by atoms with E-state index in [0.717, 1.165) is 11.3 Å². The third kappa shape index (κ3) is 2.25. The van der Waals surface area contributed by atoms with Gasteiger partial charge in [-0.25, -0.2) is 4.98 Å². The summed E-state index contributed by atoms with van der Waals surface area (Å²) in [4.78, 5) is 6.76. The van der Waals surface area contributed by atoms with Crippen LogP contribution in [-0.4, -0.2) is 19.1 Å². The largest absolute Gasteiger partial charge is 0.363 e. The van der Waals surface area contributed by atoms with Gasteiger partial charge in [-0.15, -0.1) is 0 Å². The standard InChI is InChI=1S/C18H18N2/c1-13-7-6-8-14(11-13)16-12-18(20(2)3)19-17-10-5-4-9-15(16)17/h4-12H,1-3H3. The molecule has 0 N–H and O–H groups in total. The Morgan fingerprint density at radius 2 is 1.70 bits per heavy atom. The first-order chi connectivity index (χ1) is 9.65. The summed E-state index contributed by atoms with van der Waals surface area (Å²) < 4.78 is 0. The molecule has 0 unspecified atom stereocenters. The van der Waals surface area contributed by atoms with Crippen molar-refractivity contribution in [3.05, 3.63) is 60.2 Å². The van der Waals surface area contributed by atoms with Gasteiger partial charge in [0.25, 0.3) is 0 Å². The van der Waals surface area contributed by atoms with E-state index in [0.29, 0.717) is 0 Å². The molecule has 0 fully saturated rings. The molecule has 3 rings (SSSR count). The third-order valence-electron chi connectivity index (χ3n) is 3.49. The fraction of sp³-hybridized carbons (Fsp3) is 0.167. The van der Waals surface area contributed by atoms with Gasteiger partial charge in [0.15, 0.2) is 0 Å².